The predicted molar refractivity (Wildman–Crippen MR) is 101 cm³/mol. The Balaban J connectivity index is 1.52. The topological polar surface area (TPSA) is 41.1 Å². The lowest BCUT2D eigenvalue weighted by Crippen LogP contribution is -2.31. The summed E-state index contributed by atoms with van der Waals surface area (Å²) in [4.78, 5) is 11.0. The average Bonchev–Trinajstić information content (AvgIpc) is 2.65. The number of benzene rings is 2. The Bertz CT molecular complexity index is 966. The number of fused-ring (bicyclic) bond motifs is 1. The van der Waals surface area contributed by atoms with Crippen molar-refractivity contribution in [2.24, 2.45) is 0 Å². The van der Waals surface area contributed by atoms with E-state index in [9.17, 15) is 8.78 Å². The van der Waals surface area contributed by atoms with Crippen LogP contribution < -0.4 is 5.32 Å². The van der Waals surface area contributed by atoms with E-state index in [4.69, 9.17) is 11.6 Å². The minimum atomic E-state index is -0.707. The first-order valence-electron chi connectivity index (χ1n) is 8.62. The van der Waals surface area contributed by atoms with Crippen molar-refractivity contribution in [3.63, 3.8) is 0 Å². The largest absolute Gasteiger partial charge is 0.322 e. The number of hydrogen-bond acceptors (Lipinski definition) is 4. The van der Waals surface area contributed by atoms with Crippen LogP contribution in [0, 0.1) is 11.6 Å². The van der Waals surface area contributed by atoms with Crippen molar-refractivity contribution in [2.75, 3.05) is 11.9 Å². The molecule has 4 nitrogen and oxygen atoms in total. The zero-order valence-corrected chi connectivity index (χ0v) is 15.2. The van der Waals surface area contributed by atoms with Gasteiger partial charge in [0.25, 0.3) is 0 Å². The first kappa shape index (κ1) is 17.8. The Morgan fingerprint density at radius 3 is 2.67 bits per heavy atom. The van der Waals surface area contributed by atoms with Gasteiger partial charge >= 0.3 is 0 Å². The highest BCUT2D eigenvalue weighted by molar-refractivity contribution is 6.30. The molecule has 0 bridgehead atoms. The van der Waals surface area contributed by atoms with Gasteiger partial charge in [0.15, 0.2) is 0 Å². The lowest BCUT2D eigenvalue weighted by molar-refractivity contribution is 0.243. The van der Waals surface area contributed by atoms with Gasteiger partial charge in [0.05, 0.1) is 11.4 Å². The molecule has 2 aromatic carbocycles. The quantitative estimate of drug-likeness (QED) is 0.659. The molecule has 0 saturated carbocycles. The van der Waals surface area contributed by atoms with Crippen LogP contribution >= 0.6 is 11.6 Å². The first-order valence-corrected chi connectivity index (χ1v) is 9.00. The fraction of sp³-hybridized carbons (Fsp3) is 0.200. The molecule has 1 N–H and O–H groups in total. The van der Waals surface area contributed by atoms with Crippen LogP contribution in [-0.2, 0) is 19.5 Å². The van der Waals surface area contributed by atoms with E-state index in [1.807, 2.05) is 18.2 Å². The third-order valence-electron chi connectivity index (χ3n) is 4.52. The summed E-state index contributed by atoms with van der Waals surface area (Å²) >= 11 is 6.38. The number of anilines is 2. The lowest BCUT2D eigenvalue weighted by Gasteiger charge is -2.28. The smallest absolute Gasteiger partial charge is 0.228 e. The summed E-state index contributed by atoms with van der Waals surface area (Å²) in [5.74, 6) is -1.14. The van der Waals surface area contributed by atoms with E-state index >= 15 is 0 Å². The van der Waals surface area contributed by atoms with Gasteiger partial charge in [0.2, 0.25) is 5.95 Å². The Hall–Kier alpha value is -2.57. The highest BCUT2D eigenvalue weighted by atomic mass is 35.5. The van der Waals surface area contributed by atoms with Gasteiger partial charge in [-0.3, -0.25) is 4.90 Å². The van der Waals surface area contributed by atoms with Crippen molar-refractivity contribution >= 4 is 23.2 Å². The van der Waals surface area contributed by atoms with Crippen molar-refractivity contribution in [2.45, 2.75) is 19.5 Å². The van der Waals surface area contributed by atoms with E-state index < -0.39 is 11.6 Å². The van der Waals surface area contributed by atoms with Gasteiger partial charge in [-0.2, -0.15) is 0 Å². The van der Waals surface area contributed by atoms with Crippen molar-refractivity contribution in [3.8, 4) is 0 Å². The first-order chi connectivity index (χ1) is 13.1. The third-order valence-corrected chi connectivity index (χ3v) is 4.83. The van der Waals surface area contributed by atoms with Gasteiger partial charge in [-0.25, -0.2) is 18.7 Å². The number of halogens is 3. The van der Waals surface area contributed by atoms with Crippen LogP contribution in [0.2, 0.25) is 5.15 Å². The Morgan fingerprint density at radius 1 is 1.07 bits per heavy atom. The van der Waals surface area contributed by atoms with Crippen LogP contribution in [0.4, 0.5) is 20.4 Å². The van der Waals surface area contributed by atoms with Crippen molar-refractivity contribution < 1.29 is 8.78 Å². The van der Waals surface area contributed by atoms with Crippen molar-refractivity contribution in [1.82, 2.24) is 14.9 Å². The molecule has 3 aromatic rings. The molecule has 1 aliphatic rings. The van der Waals surface area contributed by atoms with Gasteiger partial charge in [0, 0.05) is 37.7 Å². The molecule has 138 valence electrons. The van der Waals surface area contributed by atoms with Gasteiger partial charge in [0.1, 0.15) is 16.8 Å². The van der Waals surface area contributed by atoms with E-state index in [0.717, 1.165) is 36.8 Å². The highest BCUT2D eigenvalue weighted by Gasteiger charge is 2.22. The van der Waals surface area contributed by atoms with Gasteiger partial charge < -0.3 is 5.32 Å². The zero-order chi connectivity index (χ0) is 18.8. The summed E-state index contributed by atoms with van der Waals surface area (Å²) in [6.07, 6.45) is 0.727. The molecular weight excluding hydrogens is 370 g/mol. The van der Waals surface area contributed by atoms with E-state index in [1.165, 1.54) is 17.7 Å². The van der Waals surface area contributed by atoms with Gasteiger partial charge in [-0.1, -0.05) is 41.9 Å². The highest BCUT2D eigenvalue weighted by Crippen LogP contribution is 2.27. The van der Waals surface area contributed by atoms with Crippen LogP contribution in [0.1, 0.15) is 16.8 Å². The molecule has 7 heteroatoms. The molecule has 0 radical (unpaired) electrons. The second-order valence-electron chi connectivity index (χ2n) is 6.46. The van der Waals surface area contributed by atoms with Gasteiger partial charge in [-0.05, 0) is 17.7 Å². The van der Waals surface area contributed by atoms with Gasteiger partial charge in [-0.15, -0.1) is 0 Å². The molecule has 0 saturated heterocycles. The zero-order valence-electron chi connectivity index (χ0n) is 14.4. The van der Waals surface area contributed by atoms with E-state index in [0.29, 0.717) is 11.7 Å². The molecule has 0 unspecified atom stereocenters. The number of rotatable bonds is 4. The van der Waals surface area contributed by atoms with Crippen molar-refractivity contribution in [3.05, 3.63) is 82.1 Å². The van der Waals surface area contributed by atoms with E-state index in [2.05, 4.69) is 32.3 Å². The predicted octanol–water partition coefficient (Wildman–Crippen LogP) is 4.71. The maximum Gasteiger partial charge on any atom is 0.228 e. The summed E-state index contributed by atoms with van der Waals surface area (Å²) < 4.78 is 26.9. The molecule has 0 spiro atoms. The number of aromatic nitrogens is 2. The van der Waals surface area contributed by atoms with Crippen LogP contribution in [0.3, 0.4) is 0 Å². The standard InChI is InChI=1S/C20H17ClF2N4/c21-19-15-12-27(11-13-4-2-1-3-5-13)9-8-17(15)24-20(26-19)25-18-7-6-14(22)10-16(18)23/h1-7,10H,8-9,11-12H2,(H,24,25,26). The molecular formula is C20H17ClF2N4. The summed E-state index contributed by atoms with van der Waals surface area (Å²) in [5.41, 5.74) is 3.09. The normalized spacial score (nSPS) is 14.0. The second kappa shape index (κ2) is 7.58. The van der Waals surface area contributed by atoms with Crippen LogP contribution in [-0.4, -0.2) is 21.4 Å². The second-order valence-corrected chi connectivity index (χ2v) is 6.82. The fourth-order valence-corrected chi connectivity index (χ4v) is 3.42. The Labute approximate surface area is 160 Å². The minimum Gasteiger partial charge on any atom is -0.322 e. The molecule has 4 rings (SSSR count). The molecule has 0 aliphatic carbocycles. The SMILES string of the molecule is Fc1ccc(Nc2nc(Cl)c3c(n2)CCN(Cc2ccccc2)C3)c(F)c1. The monoisotopic (exact) mass is 386 g/mol. The maximum absolute atomic E-state index is 13.8. The maximum atomic E-state index is 13.8. The number of nitrogens with zero attached hydrogens (tertiary/aromatic N) is 3. The molecule has 1 aliphatic heterocycles. The molecule has 2 heterocycles. The molecule has 27 heavy (non-hydrogen) atoms. The van der Waals surface area contributed by atoms with Crippen LogP contribution in [0.5, 0.6) is 0 Å². The number of nitrogens with one attached hydrogen (secondary N) is 1. The lowest BCUT2D eigenvalue weighted by atomic mass is 10.1. The fourth-order valence-electron chi connectivity index (χ4n) is 3.17. The molecule has 0 fully saturated rings. The van der Waals surface area contributed by atoms with Crippen molar-refractivity contribution in [1.29, 1.82) is 0 Å². The third kappa shape index (κ3) is 4.07. The molecule has 0 atom stereocenters. The van der Waals surface area contributed by atoms with Crippen LogP contribution in [0.15, 0.2) is 48.5 Å². The number of hydrogen-bond donors (Lipinski definition) is 1. The van der Waals surface area contributed by atoms with E-state index in [1.54, 1.807) is 0 Å². The molecule has 1 aromatic heterocycles. The summed E-state index contributed by atoms with van der Waals surface area (Å²) in [6.45, 7) is 2.34. The Morgan fingerprint density at radius 2 is 1.89 bits per heavy atom. The summed E-state index contributed by atoms with van der Waals surface area (Å²) in [7, 11) is 0. The van der Waals surface area contributed by atoms with E-state index in [-0.39, 0.29) is 11.6 Å². The minimum absolute atomic E-state index is 0.105. The summed E-state index contributed by atoms with van der Waals surface area (Å²) in [5, 5.41) is 3.13. The van der Waals surface area contributed by atoms with Crippen LogP contribution in [0.25, 0.3) is 0 Å². The summed E-state index contributed by atoms with van der Waals surface area (Å²) in [6, 6.07) is 13.5. The average molecular weight is 387 g/mol. The molecule has 0 amide bonds. The Kier molecular flexibility index (Phi) is 5.01.